The molecule has 0 bridgehead atoms. The van der Waals surface area contributed by atoms with E-state index < -0.39 is 0 Å². The summed E-state index contributed by atoms with van der Waals surface area (Å²) in [6.07, 6.45) is 7.05. The molecule has 1 aromatic carbocycles. The number of rotatable bonds is 7. The number of fused-ring (bicyclic) bond motifs is 1. The highest BCUT2D eigenvalue weighted by Gasteiger charge is 2.23. The predicted molar refractivity (Wildman–Crippen MR) is 98.0 cm³/mol. The molecule has 0 radical (unpaired) electrons. The number of aliphatic hydroxyl groups excluding tert-OH is 1. The Hall–Kier alpha value is -2.11. The van der Waals surface area contributed by atoms with Gasteiger partial charge in [0.1, 0.15) is 12.5 Å². The van der Waals surface area contributed by atoms with Crippen molar-refractivity contribution in [1.29, 1.82) is 0 Å². The molecule has 0 spiro atoms. The number of aromatic nitrogens is 1. The summed E-state index contributed by atoms with van der Waals surface area (Å²) < 4.78 is 10.6. The van der Waals surface area contributed by atoms with Gasteiger partial charge in [-0.05, 0) is 55.0 Å². The molecule has 3 rings (SSSR count). The van der Waals surface area contributed by atoms with Crippen molar-refractivity contribution in [3.05, 3.63) is 52.8 Å². The van der Waals surface area contributed by atoms with Gasteiger partial charge in [-0.15, -0.1) is 0 Å². The first kappa shape index (κ1) is 17.7. The number of hydrogen-bond acceptors (Lipinski definition) is 5. The molecule has 0 fully saturated rings. The average molecular weight is 342 g/mol. The molecule has 1 aliphatic rings. The third-order valence-corrected chi connectivity index (χ3v) is 5.02. The number of benzene rings is 1. The summed E-state index contributed by atoms with van der Waals surface area (Å²) in [6.45, 7) is 3.10. The van der Waals surface area contributed by atoms with E-state index >= 15 is 0 Å². The van der Waals surface area contributed by atoms with Gasteiger partial charge in [0, 0.05) is 24.2 Å². The first-order chi connectivity index (χ1) is 12.2. The van der Waals surface area contributed by atoms with Gasteiger partial charge in [0.15, 0.2) is 0 Å². The van der Waals surface area contributed by atoms with Crippen LogP contribution in [0.1, 0.15) is 41.0 Å². The van der Waals surface area contributed by atoms with Crippen molar-refractivity contribution < 1.29 is 14.6 Å². The van der Waals surface area contributed by atoms with Crippen molar-refractivity contribution in [3.63, 3.8) is 0 Å². The second kappa shape index (κ2) is 8.32. The molecule has 5 heteroatoms. The molecular formula is C20H26N2O3. The minimum atomic E-state index is -0.279. The highest BCUT2D eigenvalue weighted by atomic mass is 16.6. The fourth-order valence-corrected chi connectivity index (χ4v) is 3.68. The van der Waals surface area contributed by atoms with Gasteiger partial charge in [-0.1, -0.05) is 6.07 Å². The maximum Gasteiger partial charge on any atom is 0.144 e. The highest BCUT2D eigenvalue weighted by molar-refractivity contribution is 5.51. The molecule has 134 valence electrons. The lowest BCUT2D eigenvalue weighted by atomic mass is 9.80. The van der Waals surface area contributed by atoms with Crippen molar-refractivity contribution in [3.8, 4) is 5.75 Å². The van der Waals surface area contributed by atoms with Crippen LogP contribution in [-0.2, 0) is 17.8 Å². The van der Waals surface area contributed by atoms with Crippen LogP contribution in [0.5, 0.6) is 5.75 Å². The maximum absolute atomic E-state index is 8.86. The zero-order valence-electron chi connectivity index (χ0n) is 14.9. The molecular weight excluding hydrogens is 316 g/mol. The predicted octanol–water partition coefficient (Wildman–Crippen LogP) is 3.40. The van der Waals surface area contributed by atoms with Gasteiger partial charge in [-0.2, -0.15) is 0 Å². The van der Waals surface area contributed by atoms with Crippen LogP contribution in [0.25, 0.3) is 0 Å². The SMILES string of the molecule is COc1ccc2c(c1C)CCC[C@H]2CNc1cnccc1COCO. The van der Waals surface area contributed by atoms with Gasteiger partial charge in [0.05, 0.1) is 25.6 Å². The molecule has 0 saturated heterocycles. The zero-order chi connectivity index (χ0) is 17.6. The van der Waals surface area contributed by atoms with Crippen LogP contribution >= 0.6 is 0 Å². The molecule has 1 heterocycles. The summed E-state index contributed by atoms with van der Waals surface area (Å²) in [5.41, 5.74) is 6.10. The number of nitrogens with one attached hydrogen (secondary N) is 1. The van der Waals surface area contributed by atoms with Gasteiger partial charge in [-0.3, -0.25) is 4.98 Å². The Kier molecular flexibility index (Phi) is 5.89. The lowest BCUT2D eigenvalue weighted by Gasteiger charge is -2.28. The number of aliphatic hydroxyl groups is 1. The second-order valence-electron chi connectivity index (χ2n) is 6.44. The van der Waals surface area contributed by atoms with Crippen molar-refractivity contribution in [2.75, 3.05) is 25.8 Å². The highest BCUT2D eigenvalue weighted by Crippen LogP contribution is 2.37. The monoisotopic (exact) mass is 342 g/mol. The smallest absolute Gasteiger partial charge is 0.144 e. The fraction of sp³-hybridized carbons (Fsp3) is 0.450. The van der Waals surface area contributed by atoms with Crippen LogP contribution < -0.4 is 10.1 Å². The molecule has 2 aromatic rings. The van der Waals surface area contributed by atoms with Crippen LogP contribution in [0.4, 0.5) is 5.69 Å². The van der Waals surface area contributed by atoms with Gasteiger partial charge in [-0.25, -0.2) is 0 Å². The Labute approximate surface area is 149 Å². The van der Waals surface area contributed by atoms with E-state index in [0.29, 0.717) is 12.5 Å². The van der Waals surface area contributed by atoms with E-state index in [1.54, 1.807) is 13.3 Å². The van der Waals surface area contributed by atoms with Crippen molar-refractivity contribution in [1.82, 2.24) is 4.98 Å². The quantitative estimate of drug-likeness (QED) is 0.755. The molecule has 1 aromatic heterocycles. The minimum Gasteiger partial charge on any atom is -0.496 e. The van der Waals surface area contributed by atoms with Crippen molar-refractivity contribution in [2.24, 2.45) is 0 Å². The van der Waals surface area contributed by atoms with Gasteiger partial charge in [0.2, 0.25) is 0 Å². The average Bonchev–Trinajstić information content (AvgIpc) is 2.66. The largest absolute Gasteiger partial charge is 0.496 e. The number of methoxy groups -OCH3 is 1. The van der Waals surface area contributed by atoms with Gasteiger partial charge < -0.3 is 19.9 Å². The Balaban J connectivity index is 1.75. The van der Waals surface area contributed by atoms with Crippen LogP contribution in [0.2, 0.25) is 0 Å². The fourth-order valence-electron chi connectivity index (χ4n) is 3.68. The first-order valence-corrected chi connectivity index (χ1v) is 8.76. The second-order valence-corrected chi connectivity index (χ2v) is 6.44. The van der Waals surface area contributed by atoms with Crippen LogP contribution in [0.3, 0.4) is 0 Å². The Morgan fingerprint density at radius 2 is 2.20 bits per heavy atom. The standard InChI is InChI=1S/C20H26N2O3/c1-14-17-5-3-4-15(18(17)6-7-20(14)24-2)10-22-19-11-21-9-8-16(19)12-25-13-23/h6-9,11,15,22-23H,3-5,10,12-13H2,1-2H3/t15-/m0/s1. The number of nitrogens with zero attached hydrogens (tertiary/aromatic N) is 1. The third kappa shape index (κ3) is 3.94. The number of pyridine rings is 1. The summed E-state index contributed by atoms with van der Waals surface area (Å²) in [5, 5.41) is 12.4. The molecule has 1 atom stereocenters. The van der Waals surface area contributed by atoms with Gasteiger partial charge >= 0.3 is 0 Å². The van der Waals surface area contributed by atoms with Crippen LogP contribution in [0.15, 0.2) is 30.6 Å². The van der Waals surface area contributed by atoms with Crippen molar-refractivity contribution >= 4 is 5.69 Å². The normalized spacial score (nSPS) is 16.4. The van der Waals surface area contributed by atoms with Crippen molar-refractivity contribution in [2.45, 2.75) is 38.7 Å². The van der Waals surface area contributed by atoms with E-state index in [1.807, 2.05) is 12.3 Å². The molecule has 0 saturated carbocycles. The molecule has 0 unspecified atom stereocenters. The van der Waals surface area contributed by atoms with E-state index in [0.717, 1.165) is 30.0 Å². The summed E-state index contributed by atoms with van der Waals surface area (Å²) in [6, 6.07) is 6.21. The molecule has 2 N–H and O–H groups in total. The van der Waals surface area contributed by atoms with Gasteiger partial charge in [0.25, 0.3) is 0 Å². The summed E-state index contributed by atoms with van der Waals surface area (Å²) in [5.74, 6) is 1.45. The summed E-state index contributed by atoms with van der Waals surface area (Å²) in [7, 11) is 1.73. The lowest BCUT2D eigenvalue weighted by molar-refractivity contribution is -0.0110. The number of ether oxygens (including phenoxy) is 2. The van der Waals surface area contributed by atoms with E-state index in [2.05, 4.69) is 29.4 Å². The Morgan fingerprint density at radius 3 is 3.00 bits per heavy atom. The van der Waals surface area contributed by atoms with E-state index in [-0.39, 0.29) is 6.79 Å². The molecule has 5 nitrogen and oxygen atoms in total. The molecule has 0 amide bonds. The third-order valence-electron chi connectivity index (χ3n) is 5.02. The number of hydrogen-bond donors (Lipinski definition) is 2. The topological polar surface area (TPSA) is 63.6 Å². The zero-order valence-corrected chi connectivity index (χ0v) is 14.9. The Bertz CT molecular complexity index is 718. The van der Waals surface area contributed by atoms with Crippen LogP contribution in [-0.4, -0.2) is 30.5 Å². The van der Waals surface area contributed by atoms with Crippen LogP contribution in [0, 0.1) is 6.92 Å². The molecule has 1 aliphatic carbocycles. The van der Waals surface area contributed by atoms with E-state index in [9.17, 15) is 0 Å². The number of anilines is 1. The first-order valence-electron chi connectivity index (χ1n) is 8.76. The molecule has 0 aliphatic heterocycles. The van der Waals surface area contributed by atoms with E-state index in [4.69, 9.17) is 14.6 Å². The Morgan fingerprint density at radius 1 is 1.32 bits per heavy atom. The minimum absolute atomic E-state index is 0.279. The summed E-state index contributed by atoms with van der Waals surface area (Å²) in [4.78, 5) is 4.20. The summed E-state index contributed by atoms with van der Waals surface area (Å²) >= 11 is 0. The molecule has 25 heavy (non-hydrogen) atoms. The maximum atomic E-state index is 8.86. The lowest BCUT2D eigenvalue weighted by Crippen LogP contribution is -2.19. The van der Waals surface area contributed by atoms with E-state index in [1.165, 1.54) is 29.5 Å².